The van der Waals surface area contributed by atoms with Crippen LogP contribution in [0.2, 0.25) is 0 Å². The van der Waals surface area contributed by atoms with Crippen LogP contribution in [0.15, 0.2) is 54.6 Å². The number of benzene rings is 2. The Morgan fingerprint density at radius 3 is 2.29 bits per heavy atom. The van der Waals surface area contributed by atoms with Crippen molar-refractivity contribution in [2.24, 2.45) is 0 Å². The molecule has 6 nitrogen and oxygen atoms in total. The van der Waals surface area contributed by atoms with Gasteiger partial charge in [-0.05, 0) is 36.6 Å². The van der Waals surface area contributed by atoms with Gasteiger partial charge in [-0.1, -0.05) is 55.8 Å². The Bertz CT molecular complexity index is 730. The summed E-state index contributed by atoms with van der Waals surface area (Å²) in [6.45, 7) is 4.10. The van der Waals surface area contributed by atoms with Crippen LogP contribution in [0.4, 0.5) is 4.79 Å². The summed E-state index contributed by atoms with van der Waals surface area (Å²) in [5.41, 5.74) is 2.08. The van der Waals surface area contributed by atoms with Crippen molar-refractivity contribution in [3.05, 3.63) is 65.7 Å². The van der Waals surface area contributed by atoms with Gasteiger partial charge in [-0.25, -0.2) is 9.59 Å². The summed E-state index contributed by atoms with van der Waals surface area (Å²) < 4.78 is 15.8. The van der Waals surface area contributed by atoms with Crippen LogP contribution in [0, 0.1) is 0 Å². The Hall–Kier alpha value is -3.02. The predicted molar refractivity (Wildman–Crippen MR) is 106 cm³/mol. The highest BCUT2D eigenvalue weighted by Gasteiger charge is 2.24. The van der Waals surface area contributed by atoms with Crippen LogP contribution >= 0.6 is 0 Å². The Morgan fingerprint density at radius 2 is 1.64 bits per heavy atom. The monoisotopic (exact) mass is 385 g/mol. The number of rotatable bonds is 10. The molecule has 0 aliphatic heterocycles. The molecule has 28 heavy (non-hydrogen) atoms. The first-order valence-electron chi connectivity index (χ1n) is 9.48. The van der Waals surface area contributed by atoms with Gasteiger partial charge >= 0.3 is 12.1 Å². The SMILES string of the molecule is CCCc1ccc(OCC(NC(=O)OCc2ccccc2)C(=O)OCC)cc1. The zero-order chi connectivity index (χ0) is 20.2. The third-order valence-corrected chi connectivity index (χ3v) is 3.95. The van der Waals surface area contributed by atoms with E-state index in [0.29, 0.717) is 5.75 Å². The molecule has 2 rings (SSSR count). The molecule has 0 radical (unpaired) electrons. The zero-order valence-corrected chi connectivity index (χ0v) is 16.4. The molecule has 1 amide bonds. The molecule has 1 N–H and O–H groups in total. The maximum absolute atomic E-state index is 12.1. The lowest BCUT2D eigenvalue weighted by molar-refractivity contribution is -0.146. The summed E-state index contributed by atoms with van der Waals surface area (Å²) in [6.07, 6.45) is 1.37. The van der Waals surface area contributed by atoms with E-state index in [9.17, 15) is 9.59 Å². The molecular formula is C22H27NO5. The largest absolute Gasteiger partial charge is 0.491 e. The van der Waals surface area contributed by atoms with E-state index in [1.165, 1.54) is 5.56 Å². The number of esters is 1. The van der Waals surface area contributed by atoms with Crippen molar-refractivity contribution >= 4 is 12.1 Å². The van der Waals surface area contributed by atoms with Crippen molar-refractivity contribution < 1.29 is 23.8 Å². The lowest BCUT2D eigenvalue weighted by atomic mass is 10.1. The Balaban J connectivity index is 1.89. The molecule has 0 fully saturated rings. The highest BCUT2D eigenvalue weighted by atomic mass is 16.6. The van der Waals surface area contributed by atoms with E-state index < -0.39 is 18.1 Å². The van der Waals surface area contributed by atoms with Crippen LogP contribution in [0.5, 0.6) is 5.75 Å². The van der Waals surface area contributed by atoms with E-state index in [1.54, 1.807) is 6.92 Å². The Morgan fingerprint density at radius 1 is 0.929 bits per heavy atom. The number of hydrogen-bond acceptors (Lipinski definition) is 5. The summed E-state index contributed by atoms with van der Waals surface area (Å²) in [6, 6.07) is 16.0. The number of carbonyl (C=O) groups excluding carboxylic acids is 2. The number of hydrogen-bond donors (Lipinski definition) is 1. The van der Waals surface area contributed by atoms with Gasteiger partial charge in [0, 0.05) is 0 Å². The van der Waals surface area contributed by atoms with Gasteiger partial charge in [0.05, 0.1) is 6.61 Å². The second kappa shape index (κ2) is 11.6. The second-order valence-corrected chi connectivity index (χ2v) is 6.22. The van der Waals surface area contributed by atoms with Gasteiger partial charge in [-0.15, -0.1) is 0 Å². The van der Waals surface area contributed by atoms with Gasteiger partial charge < -0.3 is 19.5 Å². The van der Waals surface area contributed by atoms with E-state index in [2.05, 4.69) is 12.2 Å². The fourth-order valence-corrected chi connectivity index (χ4v) is 2.54. The smallest absolute Gasteiger partial charge is 0.408 e. The molecule has 0 aromatic heterocycles. The van der Waals surface area contributed by atoms with E-state index in [-0.39, 0.29) is 19.8 Å². The summed E-state index contributed by atoms with van der Waals surface area (Å²) >= 11 is 0. The van der Waals surface area contributed by atoms with E-state index in [1.807, 2.05) is 54.6 Å². The quantitative estimate of drug-likeness (QED) is 0.629. The van der Waals surface area contributed by atoms with E-state index >= 15 is 0 Å². The average molecular weight is 385 g/mol. The molecule has 0 aliphatic carbocycles. The van der Waals surface area contributed by atoms with Crippen molar-refractivity contribution in [3.63, 3.8) is 0 Å². The normalized spacial score (nSPS) is 11.4. The third kappa shape index (κ3) is 7.31. The van der Waals surface area contributed by atoms with Crippen molar-refractivity contribution in [1.82, 2.24) is 5.32 Å². The summed E-state index contributed by atoms with van der Waals surface area (Å²) in [4.78, 5) is 24.2. The van der Waals surface area contributed by atoms with E-state index in [4.69, 9.17) is 14.2 Å². The number of ether oxygens (including phenoxy) is 3. The molecule has 2 aromatic rings. The van der Waals surface area contributed by atoms with Crippen LogP contribution < -0.4 is 10.1 Å². The summed E-state index contributed by atoms with van der Waals surface area (Å²) in [5.74, 6) is 0.0513. The topological polar surface area (TPSA) is 73.9 Å². The number of aryl methyl sites for hydroxylation is 1. The number of carbonyl (C=O) groups is 2. The molecule has 0 spiro atoms. The maximum atomic E-state index is 12.1. The minimum atomic E-state index is -0.960. The van der Waals surface area contributed by atoms with Crippen LogP contribution in [0.25, 0.3) is 0 Å². The zero-order valence-electron chi connectivity index (χ0n) is 16.4. The Labute approximate surface area is 165 Å². The highest BCUT2D eigenvalue weighted by Crippen LogP contribution is 2.14. The first-order valence-corrected chi connectivity index (χ1v) is 9.48. The second-order valence-electron chi connectivity index (χ2n) is 6.22. The first kappa shape index (κ1) is 21.3. The molecule has 0 heterocycles. The molecule has 150 valence electrons. The number of alkyl carbamates (subject to hydrolysis) is 1. The fourth-order valence-electron chi connectivity index (χ4n) is 2.54. The minimum absolute atomic E-state index is 0.0492. The predicted octanol–water partition coefficient (Wildman–Crippen LogP) is 3.88. The van der Waals surface area contributed by atoms with Crippen molar-refractivity contribution in [2.75, 3.05) is 13.2 Å². The van der Waals surface area contributed by atoms with Crippen LogP contribution in [0.1, 0.15) is 31.4 Å². The van der Waals surface area contributed by atoms with Gasteiger partial charge in [0.15, 0.2) is 6.04 Å². The van der Waals surface area contributed by atoms with Gasteiger partial charge in [0.1, 0.15) is 19.0 Å². The fraction of sp³-hybridized carbons (Fsp3) is 0.364. The standard InChI is InChI=1S/C22H27NO5/c1-3-8-17-11-13-19(14-12-17)27-16-20(21(24)26-4-2)23-22(25)28-15-18-9-6-5-7-10-18/h5-7,9-14,20H,3-4,8,15-16H2,1-2H3,(H,23,25). The first-order chi connectivity index (χ1) is 13.6. The van der Waals surface area contributed by atoms with Crippen LogP contribution in [-0.2, 0) is 27.3 Å². The summed E-state index contributed by atoms with van der Waals surface area (Å²) in [7, 11) is 0. The third-order valence-electron chi connectivity index (χ3n) is 3.95. The van der Waals surface area contributed by atoms with E-state index in [0.717, 1.165) is 18.4 Å². The lowest BCUT2D eigenvalue weighted by Crippen LogP contribution is -2.46. The molecule has 2 aromatic carbocycles. The van der Waals surface area contributed by atoms with Crippen molar-refractivity contribution in [2.45, 2.75) is 39.3 Å². The minimum Gasteiger partial charge on any atom is -0.491 e. The molecule has 6 heteroatoms. The van der Waals surface area contributed by atoms with Gasteiger partial charge in [-0.2, -0.15) is 0 Å². The lowest BCUT2D eigenvalue weighted by Gasteiger charge is -2.18. The molecule has 1 unspecified atom stereocenters. The van der Waals surface area contributed by atoms with Crippen molar-refractivity contribution in [1.29, 1.82) is 0 Å². The maximum Gasteiger partial charge on any atom is 0.408 e. The number of amides is 1. The molecule has 0 saturated carbocycles. The van der Waals surface area contributed by atoms with Gasteiger partial charge in [-0.3, -0.25) is 0 Å². The molecule has 0 aliphatic rings. The molecule has 0 saturated heterocycles. The number of nitrogens with one attached hydrogen (secondary N) is 1. The highest BCUT2D eigenvalue weighted by molar-refractivity contribution is 5.81. The molecule has 0 bridgehead atoms. The molecule has 1 atom stereocenters. The summed E-state index contributed by atoms with van der Waals surface area (Å²) in [5, 5.41) is 2.51. The van der Waals surface area contributed by atoms with Gasteiger partial charge in [0.2, 0.25) is 0 Å². The molecular weight excluding hydrogens is 358 g/mol. The van der Waals surface area contributed by atoms with Crippen LogP contribution in [0.3, 0.4) is 0 Å². The van der Waals surface area contributed by atoms with Crippen LogP contribution in [-0.4, -0.2) is 31.3 Å². The average Bonchev–Trinajstić information content (AvgIpc) is 2.72. The van der Waals surface area contributed by atoms with Gasteiger partial charge in [0.25, 0.3) is 0 Å². The van der Waals surface area contributed by atoms with Crippen molar-refractivity contribution in [3.8, 4) is 5.75 Å². The Kier molecular flexibility index (Phi) is 8.85.